The number of aromatic nitrogens is 1. The van der Waals surface area contributed by atoms with Gasteiger partial charge in [0.1, 0.15) is 0 Å². The number of hydrogen-bond donors (Lipinski definition) is 1. The maximum atomic E-state index is 13.5. The SMILES string of the molecule is CC(=O)Nc1nc(C)c(-c2ccc3c(c2)CCCN3S(=O)(=O)c2ccc3c(c2)CCC3)s1. The van der Waals surface area contributed by atoms with Crippen molar-refractivity contribution in [3.63, 3.8) is 0 Å². The van der Waals surface area contributed by atoms with Gasteiger partial charge in [-0.15, -0.1) is 0 Å². The molecule has 1 aliphatic heterocycles. The zero-order valence-electron chi connectivity index (χ0n) is 18.1. The van der Waals surface area contributed by atoms with Gasteiger partial charge in [0.2, 0.25) is 5.91 Å². The second kappa shape index (κ2) is 8.01. The van der Waals surface area contributed by atoms with Crippen LogP contribution in [0.2, 0.25) is 0 Å². The normalized spacial score (nSPS) is 15.4. The van der Waals surface area contributed by atoms with Crippen molar-refractivity contribution >= 4 is 38.1 Å². The molecule has 1 N–H and O–H groups in total. The Hall–Kier alpha value is -2.71. The number of sulfonamides is 1. The number of nitrogens with zero attached hydrogens (tertiary/aromatic N) is 2. The van der Waals surface area contributed by atoms with Gasteiger partial charge in [-0.2, -0.15) is 0 Å². The summed E-state index contributed by atoms with van der Waals surface area (Å²) in [7, 11) is -3.62. The van der Waals surface area contributed by atoms with Crippen molar-refractivity contribution in [2.75, 3.05) is 16.2 Å². The van der Waals surface area contributed by atoms with Gasteiger partial charge in [0.05, 0.1) is 21.2 Å². The van der Waals surface area contributed by atoms with Gasteiger partial charge in [0, 0.05) is 13.5 Å². The van der Waals surface area contributed by atoms with E-state index in [1.54, 1.807) is 10.4 Å². The van der Waals surface area contributed by atoms with E-state index in [1.165, 1.54) is 23.8 Å². The number of thiazole rings is 1. The summed E-state index contributed by atoms with van der Waals surface area (Å²) in [6.45, 7) is 3.87. The van der Waals surface area contributed by atoms with Crippen molar-refractivity contribution in [1.82, 2.24) is 4.98 Å². The molecule has 2 heterocycles. The Balaban J connectivity index is 1.50. The summed E-state index contributed by atoms with van der Waals surface area (Å²) in [5.74, 6) is -0.150. The Labute approximate surface area is 192 Å². The summed E-state index contributed by atoms with van der Waals surface area (Å²) < 4.78 is 28.6. The molecule has 1 aliphatic carbocycles. The molecule has 166 valence electrons. The maximum Gasteiger partial charge on any atom is 0.264 e. The minimum atomic E-state index is -3.62. The van der Waals surface area contributed by atoms with Gasteiger partial charge in [-0.05, 0) is 85.5 Å². The van der Waals surface area contributed by atoms with Gasteiger partial charge < -0.3 is 5.32 Å². The number of fused-ring (bicyclic) bond motifs is 2. The highest BCUT2D eigenvalue weighted by Crippen LogP contribution is 2.39. The lowest BCUT2D eigenvalue weighted by Gasteiger charge is -2.31. The molecule has 2 aliphatic rings. The molecule has 6 nitrogen and oxygen atoms in total. The van der Waals surface area contributed by atoms with E-state index in [2.05, 4.69) is 16.4 Å². The molecule has 3 aromatic rings. The van der Waals surface area contributed by atoms with Gasteiger partial charge >= 0.3 is 0 Å². The Morgan fingerprint density at radius 1 is 1.03 bits per heavy atom. The van der Waals surface area contributed by atoms with Crippen LogP contribution in [-0.2, 0) is 34.1 Å². The average Bonchev–Trinajstić information content (AvgIpc) is 3.38. The number of carbonyl (C=O) groups is 1. The van der Waals surface area contributed by atoms with E-state index in [1.807, 2.05) is 31.2 Å². The molecule has 0 saturated carbocycles. The summed E-state index contributed by atoms with van der Waals surface area (Å²) in [6, 6.07) is 11.5. The lowest BCUT2D eigenvalue weighted by Crippen LogP contribution is -2.35. The smallest absolute Gasteiger partial charge is 0.264 e. The quantitative estimate of drug-likeness (QED) is 0.603. The molecule has 0 radical (unpaired) electrons. The van der Waals surface area contributed by atoms with Crippen molar-refractivity contribution in [3.05, 3.63) is 58.8 Å². The Bertz CT molecular complexity index is 1330. The minimum Gasteiger partial charge on any atom is -0.302 e. The first kappa shape index (κ1) is 21.2. The van der Waals surface area contributed by atoms with Crippen LogP contribution < -0.4 is 9.62 Å². The number of benzene rings is 2. The lowest BCUT2D eigenvalue weighted by molar-refractivity contribution is -0.114. The molecular formula is C24H25N3O3S2. The summed E-state index contributed by atoms with van der Waals surface area (Å²) in [5.41, 5.74) is 6.04. The van der Waals surface area contributed by atoms with Crippen LogP contribution in [0.4, 0.5) is 10.8 Å². The number of aryl methyl sites for hydroxylation is 4. The molecule has 0 bridgehead atoms. The number of anilines is 2. The molecule has 8 heteroatoms. The summed E-state index contributed by atoms with van der Waals surface area (Å²) in [4.78, 5) is 17.2. The number of rotatable bonds is 4. The maximum absolute atomic E-state index is 13.5. The molecule has 0 spiro atoms. The van der Waals surface area contributed by atoms with Gasteiger partial charge in [-0.25, -0.2) is 13.4 Å². The number of hydrogen-bond acceptors (Lipinski definition) is 5. The zero-order valence-corrected chi connectivity index (χ0v) is 19.8. The second-order valence-electron chi connectivity index (χ2n) is 8.42. The number of carbonyl (C=O) groups excluding carboxylic acids is 1. The van der Waals surface area contributed by atoms with Crippen LogP contribution in [0, 0.1) is 6.92 Å². The topological polar surface area (TPSA) is 79.4 Å². The monoisotopic (exact) mass is 467 g/mol. The predicted molar refractivity (Wildman–Crippen MR) is 128 cm³/mol. The predicted octanol–water partition coefficient (Wildman–Crippen LogP) is 4.71. The van der Waals surface area contributed by atoms with Crippen LogP contribution in [0.5, 0.6) is 0 Å². The van der Waals surface area contributed by atoms with Crippen molar-refractivity contribution in [1.29, 1.82) is 0 Å². The molecule has 0 fully saturated rings. The Kier molecular flexibility index (Phi) is 5.29. The third kappa shape index (κ3) is 3.71. The van der Waals surface area contributed by atoms with Crippen LogP contribution in [0.1, 0.15) is 42.1 Å². The number of amides is 1. The van der Waals surface area contributed by atoms with Gasteiger partial charge in [0.25, 0.3) is 10.0 Å². The van der Waals surface area contributed by atoms with E-state index in [4.69, 9.17) is 0 Å². The zero-order chi connectivity index (χ0) is 22.5. The van der Waals surface area contributed by atoms with E-state index in [-0.39, 0.29) is 5.91 Å². The third-order valence-corrected chi connectivity index (χ3v) is 9.09. The fourth-order valence-corrected chi connectivity index (χ4v) is 7.26. The first-order valence-electron chi connectivity index (χ1n) is 10.9. The molecule has 0 saturated heterocycles. The van der Waals surface area contributed by atoms with E-state index in [0.717, 1.165) is 65.1 Å². The highest BCUT2D eigenvalue weighted by Gasteiger charge is 2.30. The molecule has 0 atom stereocenters. The van der Waals surface area contributed by atoms with Crippen LogP contribution in [0.3, 0.4) is 0 Å². The van der Waals surface area contributed by atoms with E-state index in [0.29, 0.717) is 16.6 Å². The van der Waals surface area contributed by atoms with E-state index >= 15 is 0 Å². The van der Waals surface area contributed by atoms with E-state index in [9.17, 15) is 13.2 Å². The second-order valence-corrected chi connectivity index (χ2v) is 11.3. The largest absolute Gasteiger partial charge is 0.302 e. The molecule has 32 heavy (non-hydrogen) atoms. The first-order valence-corrected chi connectivity index (χ1v) is 13.1. The van der Waals surface area contributed by atoms with Crippen LogP contribution >= 0.6 is 11.3 Å². The molecule has 1 amide bonds. The van der Waals surface area contributed by atoms with Crippen LogP contribution in [0.25, 0.3) is 10.4 Å². The van der Waals surface area contributed by atoms with Crippen LogP contribution in [0.15, 0.2) is 41.3 Å². The molecule has 1 aromatic heterocycles. The van der Waals surface area contributed by atoms with E-state index < -0.39 is 10.0 Å². The Morgan fingerprint density at radius 2 is 1.81 bits per heavy atom. The fourth-order valence-electron chi connectivity index (χ4n) is 4.66. The van der Waals surface area contributed by atoms with Crippen molar-refractivity contribution < 1.29 is 13.2 Å². The minimum absolute atomic E-state index is 0.150. The fraction of sp³-hybridized carbons (Fsp3) is 0.333. The summed E-state index contributed by atoms with van der Waals surface area (Å²) in [6.07, 6.45) is 4.68. The van der Waals surface area contributed by atoms with Crippen LogP contribution in [-0.4, -0.2) is 25.9 Å². The average molecular weight is 468 g/mol. The third-order valence-electron chi connectivity index (χ3n) is 6.16. The molecular weight excluding hydrogens is 442 g/mol. The van der Waals surface area contributed by atoms with Crippen molar-refractivity contribution in [2.24, 2.45) is 0 Å². The van der Waals surface area contributed by atoms with Crippen molar-refractivity contribution in [2.45, 2.75) is 50.8 Å². The van der Waals surface area contributed by atoms with Gasteiger partial charge in [0.15, 0.2) is 5.13 Å². The lowest BCUT2D eigenvalue weighted by atomic mass is 10.00. The highest BCUT2D eigenvalue weighted by atomic mass is 32.2. The first-order chi connectivity index (χ1) is 15.3. The Morgan fingerprint density at radius 3 is 2.62 bits per heavy atom. The molecule has 0 unspecified atom stereocenters. The molecule has 5 rings (SSSR count). The summed E-state index contributed by atoms with van der Waals surface area (Å²) in [5, 5.41) is 3.31. The van der Waals surface area contributed by atoms with Gasteiger partial charge in [-0.3, -0.25) is 9.10 Å². The molecule has 2 aromatic carbocycles. The number of nitrogens with one attached hydrogen (secondary N) is 1. The summed E-state index contributed by atoms with van der Waals surface area (Å²) >= 11 is 1.43. The standard InChI is InChI=1S/C24H25N3O3S2/c1-15-23(31-24(25-15)26-16(2)28)20-9-11-22-19(13-20)7-4-12-27(22)32(29,30)21-10-8-17-5-3-6-18(17)14-21/h8-11,13-14H,3-7,12H2,1-2H3,(H,25,26,28). The van der Waals surface area contributed by atoms with Gasteiger partial charge in [-0.1, -0.05) is 23.5 Å². The highest BCUT2D eigenvalue weighted by molar-refractivity contribution is 7.92. The van der Waals surface area contributed by atoms with Crippen molar-refractivity contribution in [3.8, 4) is 10.4 Å².